The molecular formula is C47H52N7O8P. The second-order valence-corrected chi connectivity index (χ2v) is 17.0. The van der Waals surface area contributed by atoms with E-state index in [0.717, 1.165) is 16.7 Å². The number of nitrogens with one attached hydrogen (secondary N) is 2. The van der Waals surface area contributed by atoms with Crippen molar-refractivity contribution in [1.29, 1.82) is 5.26 Å². The molecule has 3 heterocycles. The summed E-state index contributed by atoms with van der Waals surface area (Å²) < 4.78 is 35.1. The third-order valence-corrected chi connectivity index (χ3v) is 13.3. The summed E-state index contributed by atoms with van der Waals surface area (Å²) in [5, 5.41) is 25.8. The maximum atomic E-state index is 14.1. The van der Waals surface area contributed by atoms with Crippen LogP contribution in [0.3, 0.4) is 0 Å². The lowest BCUT2D eigenvalue weighted by Crippen LogP contribution is -2.52. The highest BCUT2D eigenvalue weighted by Crippen LogP contribution is 2.53. The van der Waals surface area contributed by atoms with Crippen LogP contribution in [0.4, 0.5) is 5.82 Å². The minimum absolute atomic E-state index is 0.0286. The van der Waals surface area contributed by atoms with Crippen LogP contribution in [0, 0.1) is 11.3 Å². The zero-order valence-electron chi connectivity index (χ0n) is 36.0. The number of anilines is 1. The van der Waals surface area contributed by atoms with E-state index in [0.29, 0.717) is 17.1 Å². The van der Waals surface area contributed by atoms with Gasteiger partial charge in [0.15, 0.2) is 11.5 Å². The molecule has 63 heavy (non-hydrogen) atoms. The van der Waals surface area contributed by atoms with Gasteiger partial charge in [0.25, 0.3) is 14.4 Å². The number of aliphatic hydroxyl groups is 1. The SMILES string of the molecule is COc1ccc(C(c2ccccc2)(c2ccc(OC)cc2)C(O)[C@H]2O[C@@H](n3c(=O)[nH]c4c(NC(=O)c5ccccc5)ncnc43)C[C@@H]2OP(OCCC#N)N(C(C)C)C(C)C)cc1. The Labute approximate surface area is 367 Å². The lowest BCUT2D eigenvalue weighted by atomic mass is 9.64. The second-order valence-electron chi connectivity index (χ2n) is 15.6. The van der Waals surface area contributed by atoms with E-state index in [9.17, 15) is 20.0 Å². The molecule has 3 N–H and O–H groups in total. The van der Waals surface area contributed by atoms with Gasteiger partial charge in [0.05, 0.1) is 44.8 Å². The van der Waals surface area contributed by atoms with Crippen molar-refractivity contribution in [3.8, 4) is 17.6 Å². The molecule has 1 amide bonds. The van der Waals surface area contributed by atoms with Crippen molar-refractivity contribution in [3.63, 3.8) is 0 Å². The molecule has 328 valence electrons. The number of carbonyl (C=O) groups excluding carboxylic acids is 1. The number of fused-ring (bicyclic) bond motifs is 1. The first kappa shape index (κ1) is 45.1. The van der Waals surface area contributed by atoms with Crippen molar-refractivity contribution < 1.29 is 33.2 Å². The summed E-state index contributed by atoms with van der Waals surface area (Å²) in [5.41, 5.74) is 1.10. The Morgan fingerprint density at radius 3 is 2.05 bits per heavy atom. The highest BCUT2D eigenvalue weighted by molar-refractivity contribution is 7.44. The predicted octanol–water partition coefficient (Wildman–Crippen LogP) is 7.73. The van der Waals surface area contributed by atoms with Crippen molar-refractivity contribution >= 4 is 31.4 Å². The van der Waals surface area contributed by atoms with Gasteiger partial charge in [-0.1, -0.05) is 72.8 Å². The number of hydrogen-bond donors (Lipinski definition) is 3. The number of carbonyl (C=O) groups is 1. The van der Waals surface area contributed by atoms with Crippen LogP contribution in [-0.4, -0.2) is 86.4 Å². The second kappa shape index (κ2) is 20.0. The number of ether oxygens (including phenoxy) is 3. The zero-order valence-corrected chi connectivity index (χ0v) is 36.9. The molecule has 2 unspecified atom stereocenters. The molecule has 1 saturated heterocycles. The van der Waals surface area contributed by atoms with Crippen molar-refractivity contribution in [1.82, 2.24) is 24.2 Å². The van der Waals surface area contributed by atoms with Gasteiger partial charge in [0.1, 0.15) is 41.8 Å². The van der Waals surface area contributed by atoms with Crippen LogP contribution in [0.15, 0.2) is 120 Å². The summed E-state index contributed by atoms with van der Waals surface area (Å²) in [7, 11) is 1.34. The third-order valence-electron chi connectivity index (χ3n) is 11.1. The van der Waals surface area contributed by atoms with Crippen molar-refractivity contribution in [2.24, 2.45) is 0 Å². The summed E-state index contributed by atoms with van der Waals surface area (Å²) in [4.78, 5) is 39.0. The van der Waals surface area contributed by atoms with Crippen LogP contribution in [-0.2, 0) is 19.2 Å². The first-order valence-electron chi connectivity index (χ1n) is 20.8. The van der Waals surface area contributed by atoms with Gasteiger partial charge >= 0.3 is 5.69 Å². The molecule has 7 rings (SSSR count). The summed E-state index contributed by atoms with van der Waals surface area (Å²) in [6.45, 7) is 8.28. The number of hydrogen-bond acceptors (Lipinski definition) is 12. The lowest BCUT2D eigenvalue weighted by molar-refractivity contribution is -0.0942. The molecule has 0 aliphatic carbocycles. The van der Waals surface area contributed by atoms with E-state index in [1.165, 1.54) is 10.9 Å². The number of benzene rings is 4. The summed E-state index contributed by atoms with van der Waals surface area (Å²) in [6.07, 6.45) is -2.97. The van der Waals surface area contributed by atoms with E-state index in [4.69, 9.17) is 23.3 Å². The smallest absolute Gasteiger partial charge is 0.329 e. The zero-order chi connectivity index (χ0) is 44.7. The molecular weight excluding hydrogens is 822 g/mol. The summed E-state index contributed by atoms with van der Waals surface area (Å²) in [6, 6.07) is 35.5. The van der Waals surface area contributed by atoms with Gasteiger partial charge in [0, 0.05) is 24.1 Å². The Balaban J connectivity index is 1.39. The number of amides is 1. The Hall–Kier alpha value is -5.98. The van der Waals surface area contributed by atoms with Gasteiger partial charge < -0.3 is 38.7 Å². The number of nitriles is 1. The van der Waals surface area contributed by atoms with Gasteiger partial charge in [-0.2, -0.15) is 5.26 Å². The molecule has 1 aliphatic rings. The van der Waals surface area contributed by atoms with Crippen molar-refractivity contribution in [2.45, 2.75) is 82.6 Å². The normalized spacial score (nSPS) is 17.5. The average molecular weight is 874 g/mol. The first-order chi connectivity index (χ1) is 30.5. The first-order valence-corrected chi connectivity index (χ1v) is 21.9. The molecule has 1 fully saturated rings. The van der Waals surface area contributed by atoms with Crippen LogP contribution in [0.25, 0.3) is 11.2 Å². The van der Waals surface area contributed by atoms with E-state index in [2.05, 4.69) is 31.0 Å². The summed E-state index contributed by atoms with van der Waals surface area (Å²) in [5.74, 6) is 0.946. The van der Waals surface area contributed by atoms with Crippen LogP contribution in [0.5, 0.6) is 11.5 Å². The van der Waals surface area contributed by atoms with Gasteiger partial charge in [-0.3, -0.25) is 4.79 Å². The fourth-order valence-electron chi connectivity index (χ4n) is 8.35. The monoisotopic (exact) mass is 873 g/mol. The average Bonchev–Trinajstić information content (AvgIpc) is 3.87. The van der Waals surface area contributed by atoms with Gasteiger partial charge in [0.2, 0.25) is 0 Å². The van der Waals surface area contributed by atoms with Crippen LogP contribution >= 0.6 is 8.53 Å². The van der Waals surface area contributed by atoms with E-state index < -0.39 is 50.1 Å². The fraction of sp³-hybridized carbons (Fsp3) is 0.340. The molecule has 0 radical (unpaired) electrons. The van der Waals surface area contributed by atoms with E-state index in [1.807, 2.05) is 113 Å². The predicted molar refractivity (Wildman–Crippen MR) is 239 cm³/mol. The molecule has 0 spiro atoms. The number of aliphatic hydroxyl groups excluding tert-OH is 1. The molecule has 6 aromatic rings. The standard InChI is InChI=1S/C47H52N7O8P/c1-30(2)54(31(3)4)63(60-27-13-26-48)62-38-28-39(53-44-40(51-46(53)57)43(49-29-50-44)52-45(56)32-14-9-7-10-15-32)61-41(38)42(55)47(33-16-11-8-12-17-33,34-18-22-36(58-5)23-19-34)35-20-24-37(59-6)25-21-35/h7-12,14-25,29-31,38-39,41-42,55H,13,27-28H2,1-6H3,(H,51,57)(H,49,50,52,56)/t38-,39+,41-,42?,63?/m0/s1. The molecule has 5 atom stereocenters. The minimum atomic E-state index is -1.86. The number of methoxy groups -OCH3 is 2. The number of nitrogens with zero attached hydrogens (tertiary/aromatic N) is 5. The van der Waals surface area contributed by atoms with Gasteiger partial charge in [-0.25, -0.2) is 24.0 Å². The van der Waals surface area contributed by atoms with E-state index in [1.54, 1.807) is 38.5 Å². The van der Waals surface area contributed by atoms with Gasteiger partial charge in [-0.05, 0) is 80.8 Å². The molecule has 2 aromatic heterocycles. The largest absolute Gasteiger partial charge is 0.497 e. The summed E-state index contributed by atoms with van der Waals surface area (Å²) >= 11 is 0. The number of rotatable bonds is 18. The maximum Gasteiger partial charge on any atom is 0.329 e. The molecule has 4 aromatic carbocycles. The Bertz CT molecular complexity index is 2490. The van der Waals surface area contributed by atoms with Crippen LogP contribution < -0.4 is 20.5 Å². The Kier molecular flexibility index (Phi) is 14.3. The van der Waals surface area contributed by atoms with Crippen molar-refractivity contribution in [3.05, 3.63) is 148 Å². The van der Waals surface area contributed by atoms with Crippen LogP contribution in [0.1, 0.15) is 73.8 Å². The highest BCUT2D eigenvalue weighted by Gasteiger charge is 2.54. The Morgan fingerprint density at radius 1 is 0.921 bits per heavy atom. The lowest BCUT2D eigenvalue weighted by Gasteiger charge is -2.44. The minimum Gasteiger partial charge on any atom is -0.497 e. The molecule has 1 aliphatic heterocycles. The Morgan fingerprint density at radius 2 is 1.49 bits per heavy atom. The van der Waals surface area contributed by atoms with Gasteiger partial charge in [-0.15, -0.1) is 0 Å². The van der Waals surface area contributed by atoms with E-state index in [-0.39, 0.29) is 48.5 Å². The number of H-pyrrole nitrogens is 1. The maximum absolute atomic E-state index is 14.1. The molecule has 15 nitrogen and oxygen atoms in total. The number of aromatic amines is 1. The highest BCUT2D eigenvalue weighted by atomic mass is 31.2. The third kappa shape index (κ3) is 9.24. The van der Waals surface area contributed by atoms with Crippen LogP contribution in [0.2, 0.25) is 0 Å². The topological polar surface area (TPSA) is 186 Å². The van der Waals surface area contributed by atoms with E-state index >= 15 is 0 Å². The number of imidazole rings is 1. The molecule has 16 heteroatoms. The molecule has 0 bridgehead atoms. The molecule has 0 saturated carbocycles. The fourth-order valence-corrected chi connectivity index (χ4v) is 10.1. The number of aromatic nitrogens is 4. The van der Waals surface area contributed by atoms with Crippen molar-refractivity contribution in [2.75, 3.05) is 26.1 Å². The quantitative estimate of drug-likeness (QED) is 0.0434.